The van der Waals surface area contributed by atoms with Crippen molar-refractivity contribution in [1.29, 1.82) is 0 Å². The second-order valence-corrected chi connectivity index (χ2v) is 6.04. The van der Waals surface area contributed by atoms with E-state index in [1.54, 1.807) is 37.5 Å². The number of carbonyl (C=O) groups is 1. The SMILES string of the molecule is COc1ccc(-c2csc(NC(=O)/C=C/c3ccc(O)cc3)n2)cc1. The molecule has 25 heavy (non-hydrogen) atoms. The van der Waals surface area contributed by atoms with Crippen molar-refractivity contribution in [1.82, 2.24) is 4.98 Å². The van der Waals surface area contributed by atoms with Crippen molar-refractivity contribution < 1.29 is 14.6 Å². The Hall–Kier alpha value is -3.12. The van der Waals surface area contributed by atoms with Crippen molar-refractivity contribution in [2.24, 2.45) is 0 Å². The van der Waals surface area contributed by atoms with Crippen LogP contribution < -0.4 is 10.1 Å². The summed E-state index contributed by atoms with van der Waals surface area (Å²) in [6.45, 7) is 0. The minimum Gasteiger partial charge on any atom is -0.508 e. The molecule has 1 heterocycles. The monoisotopic (exact) mass is 352 g/mol. The molecule has 5 nitrogen and oxygen atoms in total. The maximum absolute atomic E-state index is 12.0. The largest absolute Gasteiger partial charge is 0.508 e. The summed E-state index contributed by atoms with van der Waals surface area (Å²) in [5, 5.41) is 14.4. The van der Waals surface area contributed by atoms with Gasteiger partial charge in [0.1, 0.15) is 11.5 Å². The first-order valence-electron chi connectivity index (χ1n) is 7.52. The van der Waals surface area contributed by atoms with Crippen LogP contribution in [0.3, 0.4) is 0 Å². The van der Waals surface area contributed by atoms with Crippen molar-refractivity contribution >= 4 is 28.5 Å². The van der Waals surface area contributed by atoms with Gasteiger partial charge in [-0.15, -0.1) is 11.3 Å². The average molecular weight is 352 g/mol. The van der Waals surface area contributed by atoms with Crippen LogP contribution in [0.5, 0.6) is 11.5 Å². The number of thiazole rings is 1. The number of phenolic OH excluding ortho intramolecular Hbond substituents is 1. The van der Waals surface area contributed by atoms with E-state index in [1.807, 2.05) is 29.6 Å². The Bertz CT molecular complexity index is 884. The molecule has 0 spiro atoms. The molecule has 0 saturated carbocycles. The number of amides is 1. The van der Waals surface area contributed by atoms with Crippen LogP contribution in [0.25, 0.3) is 17.3 Å². The summed E-state index contributed by atoms with van der Waals surface area (Å²) in [4.78, 5) is 16.4. The molecule has 0 unspecified atom stereocenters. The number of hydrogen-bond acceptors (Lipinski definition) is 5. The van der Waals surface area contributed by atoms with Crippen LogP contribution in [0.15, 0.2) is 60.0 Å². The predicted octanol–water partition coefficient (Wildman–Crippen LogP) is 4.18. The fourth-order valence-electron chi connectivity index (χ4n) is 2.13. The van der Waals surface area contributed by atoms with Crippen LogP contribution >= 0.6 is 11.3 Å². The van der Waals surface area contributed by atoms with Crippen molar-refractivity contribution in [2.75, 3.05) is 12.4 Å². The average Bonchev–Trinajstić information content (AvgIpc) is 3.10. The molecule has 0 fully saturated rings. The molecule has 0 aliphatic heterocycles. The summed E-state index contributed by atoms with van der Waals surface area (Å²) < 4.78 is 5.14. The third-order valence-corrected chi connectivity index (χ3v) is 4.20. The standard InChI is InChI=1S/C19H16N2O3S/c1-24-16-9-5-14(6-10-16)17-12-25-19(20-17)21-18(23)11-4-13-2-7-15(22)8-3-13/h2-12,22H,1H3,(H,20,21,23)/b11-4+. The molecular formula is C19H16N2O3S. The Balaban J connectivity index is 1.64. The van der Waals surface area contributed by atoms with E-state index in [9.17, 15) is 9.90 Å². The fourth-order valence-corrected chi connectivity index (χ4v) is 2.85. The van der Waals surface area contributed by atoms with E-state index in [1.165, 1.54) is 17.4 Å². The first-order chi connectivity index (χ1) is 12.1. The first kappa shape index (κ1) is 16.7. The van der Waals surface area contributed by atoms with Crippen molar-refractivity contribution in [3.8, 4) is 22.8 Å². The van der Waals surface area contributed by atoms with Gasteiger partial charge in [0.05, 0.1) is 12.8 Å². The van der Waals surface area contributed by atoms with Crippen molar-refractivity contribution in [3.63, 3.8) is 0 Å². The highest BCUT2D eigenvalue weighted by Crippen LogP contribution is 2.26. The quantitative estimate of drug-likeness (QED) is 0.676. The van der Waals surface area contributed by atoms with Gasteiger partial charge in [0, 0.05) is 17.0 Å². The molecule has 126 valence electrons. The summed E-state index contributed by atoms with van der Waals surface area (Å²) in [6, 6.07) is 14.2. The van der Waals surface area contributed by atoms with E-state index in [0.717, 1.165) is 22.6 Å². The maximum atomic E-state index is 12.0. The summed E-state index contributed by atoms with van der Waals surface area (Å²) >= 11 is 1.37. The van der Waals surface area contributed by atoms with Crippen LogP contribution in [0, 0.1) is 0 Å². The highest BCUT2D eigenvalue weighted by Gasteiger charge is 2.06. The molecule has 3 aromatic rings. The van der Waals surface area contributed by atoms with Gasteiger partial charge in [-0.3, -0.25) is 10.1 Å². The lowest BCUT2D eigenvalue weighted by Crippen LogP contribution is -2.07. The van der Waals surface area contributed by atoms with Gasteiger partial charge in [0.2, 0.25) is 5.91 Å². The highest BCUT2D eigenvalue weighted by molar-refractivity contribution is 7.14. The van der Waals surface area contributed by atoms with Crippen LogP contribution in [0.1, 0.15) is 5.56 Å². The molecule has 1 aromatic heterocycles. The highest BCUT2D eigenvalue weighted by atomic mass is 32.1. The van der Waals surface area contributed by atoms with Crippen molar-refractivity contribution in [3.05, 3.63) is 65.6 Å². The van der Waals surface area contributed by atoms with E-state index in [2.05, 4.69) is 10.3 Å². The molecule has 2 N–H and O–H groups in total. The molecule has 1 amide bonds. The van der Waals surface area contributed by atoms with Gasteiger partial charge in [0.15, 0.2) is 5.13 Å². The number of aromatic nitrogens is 1. The zero-order valence-corrected chi connectivity index (χ0v) is 14.3. The Morgan fingerprint density at radius 2 is 1.88 bits per heavy atom. The van der Waals surface area contributed by atoms with E-state index in [4.69, 9.17) is 4.74 Å². The first-order valence-corrected chi connectivity index (χ1v) is 8.40. The Morgan fingerprint density at radius 1 is 1.16 bits per heavy atom. The normalized spacial score (nSPS) is 10.8. The number of hydrogen-bond donors (Lipinski definition) is 2. The van der Waals surface area contributed by atoms with Gasteiger partial charge in [-0.1, -0.05) is 12.1 Å². The molecule has 0 saturated heterocycles. The summed E-state index contributed by atoms with van der Waals surface area (Å²) in [7, 11) is 1.62. The van der Waals surface area contributed by atoms with E-state index in [0.29, 0.717) is 5.13 Å². The number of rotatable bonds is 5. The van der Waals surface area contributed by atoms with Gasteiger partial charge in [-0.05, 0) is 48.0 Å². The van der Waals surface area contributed by atoms with Gasteiger partial charge in [-0.25, -0.2) is 4.98 Å². The van der Waals surface area contributed by atoms with Crippen LogP contribution in [0.2, 0.25) is 0 Å². The lowest BCUT2D eigenvalue weighted by molar-refractivity contribution is -0.111. The smallest absolute Gasteiger partial charge is 0.250 e. The Morgan fingerprint density at radius 3 is 2.56 bits per heavy atom. The van der Waals surface area contributed by atoms with Crippen molar-refractivity contribution in [2.45, 2.75) is 0 Å². The number of aromatic hydroxyl groups is 1. The van der Waals surface area contributed by atoms with Gasteiger partial charge in [-0.2, -0.15) is 0 Å². The molecule has 0 bridgehead atoms. The minimum atomic E-state index is -0.260. The van der Waals surface area contributed by atoms with Gasteiger partial charge >= 0.3 is 0 Å². The van der Waals surface area contributed by atoms with Gasteiger partial charge in [0.25, 0.3) is 0 Å². The summed E-state index contributed by atoms with van der Waals surface area (Å²) in [5.74, 6) is 0.714. The zero-order chi connectivity index (χ0) is 17.6. The number of carbonyl (C=O) groups excluding carboxylic acids is 1. The predicted molar refractivity (Wildman–Crippen MR) is 99.9 cm³/mol. The number of ether oxygens (including phenoxy) is 1. The number of methoxy groups -OCH3 is 1. The second-order valence-electron chi connectivity index (χ2n) is 5.18. The van der Waals surface area contributed by atoms with E-state index >= 15 is 0 Å². The zero-order valence-electron chi connectivity index (χ0n) is 13.5. The number of nitrogens with zero attached hydrogens (tertiary/aromatic N) is 1. The molecule has 3 rings (SSSR count). The third kappa shape index (κ3) is 4.45. The number of benzene rings is 2. The molecule has 6 heteroatoms. The second kappa shape index (κ2) is 7.63. The lowest BCUT2D eigenvalue weighted by Gasteiger charge is -2.00. The number of phenols is 1. The molecule has 0 aliphatic carbocycles. The molecule has 0 atom stereocenters. The number of nitrogens with one attached hydrogen (secondary N) is 1. The van der Waals surface area contributed by atoms with E-state index < -0.39 is 0 Å². The van der Waals surface area contributed by atoms with Crippen LogP contribution in [-0.4, -0.2) is 23.1 Å². The molecule has 0 radical (unpaired) electrons. The Kier molecular flexibility index (Phi) is 5.11. The fraction of sp³-hybridized carbons (Fsp3) is 0.0526. The summed E-state index contributed by atoms with van der Waals surface area (Å²) in [5.41, 5.74) is 2.58. The number of anilines is 1. The van der Waals surface area contributed by atoms with E-state index in [-0.39, 0.29) is 11.7 Å². The van der Waals surface area contributed by atoms with Crippen LogP contribution in [-0.2, 0) is 4.79 Å². The van der Waals surface area contributed by atoms with Gasteiger partial charge < -0.3 is 9.84 Å². The maximum Gasteiger partial charge on any atom is 0.250 e. The molecule has 2 aromatic carbocycles. The third-order valence-electron chi connectivity index (χ3n) is 3.44. The van der Waals surface area contributed by atoms with Crippen LogP contribution in [0.4, 0.5) is 5.13 Å². The lowest BCUT2D eigenvalue weighted by atomic mass is 10.2. The molecule has 0 aliphatic rings. The minimum absolute atomic E-state index is 0.190. The summed E-state index contributed by atoms with van der Waals surface area (Å²) in [6.07, 6.45) is 3.10. The molecular weight excluding hydrogens is 336 g/mol. The Labute approximate surface area is 149 Å². The topological polar surface area (TPSA) is 71.5 Å².